The largest absolute Gasteiger partial charge is 0.338 e. The number of nitrogens with zero attached hydrogens (tertiary/aromatic N) is 4. The fourth-order valence-corrected chi connectivity index (χ4v) is 5.33. The Bertz CT molecular complexity index is 1120. The van der Waals surface area contributed by atoms with Crippen molar-refractivity contribution in [2.75, 3.05) is 11.4 Å². The van der Waals surface area contributed by atoms with E-state index in [0.29, 0.717) is 16.8 Å². The monoisotopic (exact) mass is 408 g/mol. The van der Waals surface area contributed by atoms with Crippen LogP contribution in [0.4, 0.5) is 5.13 Å². The van der Waals surface area contributed by atoms with E-state index in [1.165, 1.54) is 16.9 Å². The maximum Gasteiger partial charge on any atom is 0.281 e. The number of aryl methyl sites for hydroxylation is 2. The van der Waals surface area contributed by atoms with Gasteiger partial charge in [-0.2, -0.15) is 0 Å². The van der Waals surface area contributed by atoms with E-state index in [1.54, 1.807) is 4.57 Å². The predicted molar refractivity (Wildman–Crippen MR) is 115 cm³/mol. The van der Waals surface area contributed by atoms with Crippen molar-refractivity contribution >= 4 is 32.6 Å². The van der Waals surface area contributed by atoms with Crippen LogP contribution in [0.25, 0.3) is 10.3 Å². The Morgan fingerprint density at radius 1 is 1.17 bits per heavy atom. The number of thiazole rings is 1. The summed E-state index contributed by atoms with van der Waals surface area (Å²) in [5.41, 5.74) is 1.60. The smallest absolute Gasteiger partial charge is 0.281 e. The minimum atomic E-state index is -0.147. The molecule has 1 saturated heterocycles. The Morgan fingerprint density at radius 2 is 1.97 bits per heavy atom. The molecule has 0 bridgehead atoms. The molecule has 6 nitrogen and oxygen atoms in total. The van der Waals surface area contributed by atoms with Crippen LogP contribution in [0.2, 0.25) is 0 Å². The van der Waals surface area contributed by atoms with Crippen LogP contribution in [0.3, 0.4) is 0 Å². The number of anilines is 1. The number of benzene rings is 1. The van der Waals surface area contributed by atoms with Crippen LogP contribution in [-0.4, -0.2) is 32.9 Å². The van der Waals surface area contributed by atoms with Gasteiger partial charge in [-0.15, -0.1) is 0 Å². The lowest BCUT2D eigenvalue weighted by Crippen LogP contribution is -2.36. The number of fused-ring (bicyclic) bond motifs is 1. The van der Waals surface area contributed by atoms with E-state index in [9.17, 15) is 9.59 Å². The van der Waals surface area contributed by atoms with Crippen molar-refractivity contribution in [1.29, 1.82) is 0 Å². The normalized spacial score (nSPS) is 19.2. The van der Waals surface area contributed by atoms with E-state index < -0.39 is 0 Å². The van der Waals surface area contributed by atoms with Gasteiger partial charge in [-0.05, 0) is 44.6 Å². The van der Waals surface area contributed by atoms with Gasteiger partial charge in [0.1, 0.15) is 5.82 Å². The van der Waals surface area contributed by atoms with Gasteiger partial charge >= 0.3 is 0 Å². The van der Waals surface area contributed by atoms with Gasteiger partial charge in [0.2, 0.25) is 0 Å². The van der Waals surface area contributed by atoms with E-state index in [-0.39, 0.29) is 23.4 Å². The standard InChI is InChI=1S/C22H24N4O2S/c1-14-23-20-19(21(28)26(14)16-10-11-16)24-22(29-20)25-13-5-8-17(25)18(27)12-9-15-6-3-2-4-7-15/h2-4,6-7,16-17H,5,8-13H2,1H3/t17-/m1/s1. The van der Waals surface area contributed by atoms with Crippen LogP contribution >= 0.6 is 11.3 Å². The second-order valence-electron chi connectivity index (χ2n) is 8.02. The number of carbonyl (C=O) groups is 1. The SMILES string of the molecule is Cc1nc2sc(N3CCC[C@@H]3C(=O)CCc3ccccc3)nc2c(=O)n1C1CC1. The highest BCUT2D eigenvalue weighted by atomic mass is 32.1. The summed E-state index contributed by atoms with van der Waals surface area (Å²) in [5.74, 6) is 1.02. The third kappa shape index (κ3) is 3.48. The molecule has 2 aliphatic rings. The van der Waals surface area contributed by atoms with E-state index >= 15 is 0 Å². The molecule has 2 aromatic heterocycles. The molecule has 150 valence electrons. The third-order valence-corrected chi connectivity index (χ3v) is 6.90. The number of carbonyl (C=O) groups excluding carboxylic acids is 1. The summed E-state index contributed by atoms with van der Waals surface area (Å²) >= 11 is 1.44. The quantitative estimate of drug-likeness (QED) is 0.623. The maximum atomic E-state index is 12.9. The topological polar surface area (TPSA) is 68.1 Å². The minimum absolute atomic E-state index is 0.0383. The zero-order valence-corrected chi connectivity index (χ0v) is 17.3. The molecule has 0 amide bonds. The molecular weight excluding hydrogens is 384 g/mol. The molecule has 0 spiro atoms. The highest BCUT2D eigenvalue weighted by Crippen LogP contribution is 2.36. The number of rotatable bonds is 6. The highest BCUT2D eigenvalue weighted by molar-refractivity contribution is 7.21. The van der Waals surface area contributed by atoms with Gasteiger partial charge in [-0.1, -0.05) is 41.7 Å². The zero-order chi connectivity index (χ0) is 20.0. The van der Waals surface area contributed by atoms with Gasteiger partial charge in [0.15, 0.2) is 21.3 Å². The first kappa shape index (κ1) is 18.5. The molecule has 2 fully saturated rings. The molecule has 1 aliphatic heterocycles. The van der Waals surface area contributed by atoms with Gasteiger partial charge in [-0.25, -0.2) is 9.97 Å². The minimum Gasteiger partial charge on any atom is -0.338 e. The molecule has 3 aromatic rings. The highest BCUT2D eigenvalue weighted by Gasteiger charge is 2.33. The molecule has 1 aliphatic carbocycles. The van der Waals surface area contributed by atoms with Crippen LogP contribution in [0, 0.1) is 6.92 Å². The Kier molecular flexibility index (Phi) is 4.70. The van der Waals surface area contributed by atoms with Gasteiger partial charge in [0, 0.05) is 19.0 Å². The fourth-order valence-electron chi connectivity index (χ4n) is 4.27. The molecule has 3 heterocycles. The summed E-state index contributed by atoms with van der Waals surface area (Å²) in [6.45, 7) is 2.70. The predicted octanol–water partition coefficient (Wildman–Crippen LogP) is 3.67. The first-order valence-electron chi connectivity index (χ1n) is 10.3. The van der Waals surface area contributed by atoms with Crippen LogP contribution < -0.4 is 10.5 Å². The summed E-state index contributed by atoms with van der Waals surface area (Å²) in [6, 6.07) is 10.3. The second kappa shape index (κ2) is 7.37. The lowest BCUT2D eigenvalue weighted by Gasteiger charge is -2.22. The second-order valence-corrected chi connectivity index (χ2v) is 8.97. The third-order valence-electron chi connectivity index (χ3n) is 5.92. The van der Waals surface area contributed by atoms with Crippen molar-refractivity contribution in [1.82, 2.24) is 14.5 Å². The van der Waals surface area contributed by atoms with Gasteiger partial charge in [-0.3, -0.25) is 14.2 Å². The Labute approximate surface area is 173 Å². The van der Waals surface area contributed by atoms with Crippen molar-refractivity contribution in [3.05, 3.63) is 52.1 Å². The van der Waals surface area contributed by atoms with E-state index in [4.69, 9.17) is 0 Å². The van der Waals surface area contributed by atoms with Crippen molar-refractivity contribution in [3.8, 4) is 0 Å². The van der Waals surface area contributed by atoms with Crippen molar-refractivity contribution in [2.45, 2.75) is 57.5 Å². The average molecular weight is 409 g/mol. The number of hydrogen-bond donors (Lipinski definition) is 0. The fraction of sp³-hybridized carbons (Fsp3) is 0.455. The first-order valence-corrected chi connectivity index (χ1v) is 11.2. The summed E-state index contributed by atoms with van der Waals surface area (Å²) in [6.07, 6.45) is 5.18. The Balaban J connectivity index is 1.39. The molecule has 29 heavy (non-hydrogen) atoms. The number of hydrogen-bond acceptors (Lipinski definition) is 6. The first-order chi connectivity index (χ1) is 14.1. The molecule has 0 N–H and O–H groups in total. The lowest BCUT2D eigenvalue weighted by molar-refractivity contribution is -0.120. The van der Waals surface area contributed by atoms with E-state index in [2.05, 4.69) is 27.0 Å². The van der Waals surface area contributed by atoms with Crippen LogP contribution in [-0.2, 0) is 11.2 Å². The summed E-state index contributed by atoms with van der Waals surface area (Å²) < 4.78 is 1.79. The van der Waals surface area contributed by atoms with E-state index in [1.807, 2.05) is 25.1 Å². The van der Waals surface area contributed by atoms with Crippen molar-refractivity contribution < 1.29 is 4.79 Å². The van der Waals surface area contributed by atoms with E-state index in [0.717, 1.165) is 49.6 Å². The molecular formula is C22H24N4O2S. The summed E-state index contributed by atoms with van der Waals surface area (Å²) in [5, 5.41) is 0.758. The lowest BCUT2D eigenvalue weighted by atomic mass is 10.0. The number of Topliss-reactive ketones (excluding diaryl/α,β-unsaturated/α-hetero) is 1. The number of ketones is 1. The zero-order valence-electron chi connectivity index (χ0n) is 16.5. The van der Waals surface area contributed by atoms with Gasteiger partial charge in [0.25, 0.3) is 5.56 Å². The van der Waals surface area contributed by atoms with Crippen LogP contribution in [0.1, 0.15) is 49.5 Å². The Hall–Kier alpha value is -2.54. The van der Waals surface area contributed by atoms with Gasteiger partial charge < -0.3 is 4.90 Å². The van der Waals surface area contributed by atoms with Crippen molar-refractivity contribution in [2.24, 2.45) is 0 Å². The van der Waals surface area contributed by atoms with Crippen LogP contribution in [0.5, 0.6) is 0 Å². The average Bonchev–Trinajstić information content (AvgIpc) is 3.26. The summed E-state index contributed by atoms with van der Waals surface area (Å²) in [7, 11) is 0. The molecule has 1 aromatic carbocycles. The molecule has 5 rings (SSSR count). The molecule has 1 atom stereocenters. The molecule has 7 heteroatoms. The van der Waals surface area contributed by atoms with Crippen molar-refractivity contribution in [3.63, 3.8) is 0 Å². The van der Waals surface area contributed by atoms with Crippen LogP contribution in [0.15, 0.2) is 35.1 Å². The maximum absolute atomic E-state index is 12.9. The number of aromatic nitrogens is 3. The molecule has 1 saturated carbocycles. The molecule has 0 unspecified atom stereocenters. The van der Waals surface area contributed by atoms with Gasteiger partial charge in [0.05, 0.1) is 6.04 Å². The summed E-state index contributed by atoms with van der Waals surface area (Å²) in [4.78, 5) is 37.9. The Morgan fingerprint density at radius 3 is 2.72 bits per heavy atom. The molecule has 0 radical (unpaired) electrons.